The molecule has 7 heteroatoms. The molecule has 10 aromatic rings. The molecule has 0 aliphatic rings. The largest absolute Gasteiger partial charge is 0.458 e. The van der Waals surface area contributed by atoms with Gasteiger partial charge in [-0.25, -0.2) is 0 Å². The first-order valence-electron chi connectivity index (χ1n) is 20.4. The number of anilines is 6. The highest BCUT2D eigenvalue weighted by molar-refractivity contribution is 6.26. The van der Waals surface area contributed by atoms with Gasteiger partial charge in [0.05, 0.1) is 11.4 Å². The second-order valence-corrected chi connectivity index (χ2v) is 15.6. The van der Waals surface area contributed by atoms with E-state index in [2.05, 4.69) is 41.2 Å². The summed E-state index contributed by atoms with van der Waals surface area (Å²) in [5.41, 5.74) is 5.69. The van der Waals surface area contributed by atoms with E-state index in [1.807, 2.05) is 152 Å². The first kappa shape index (κ1) is 39.4. The summed E-state index contributed by atoms with van der Waals surface area (Å²) in [6, 6.07) is 59.3. The molecule has 0 bridgehead atoms. The molecule has 0 radical (unpaired) electrons. The van der Waals surface area contributed by atoms with Crippen LogP contribution in [0.15, 0.2) is 201 Å². The molecule has 0 heterocycles. The van der Waals surface area contributed by atoms with Crippen molar-refractivity contribution in [3.8, 4) is 0 Å². The van der Waals surface area contributed by atoms with Gasteiger partial charge in [-0.05, 0) is 121 Å². The zero-order chi connectivity index (χ0) is 43.5. The van der Waals surface area contributed by atoms with Gasteiger partial charge in [0.25, 0.3) is 0 Å². The van der Waals surface area contributed by atoms with E-state index >= 15 is 8.78 Å². The van der Waals surface area contributed by atoms with Crippen LogP contribution in [0.4, 0.5) is 56.1 Å². The number of halogens is 5. The van der Waals surface area contributed by atoms with Crippen molar-refractivity contribution in [1.29, 1.82) is 0 Å². The van der Waals surface area contributed by atoms with Gasteiger partial charge in [-0.3, -0.25) is 0 Å². The Hall–Kier alpha value is -7.77. The second-order valence-electron chi connectivity index (χ2n) is 15.6. The molecule has 10 aromatic carbocycles. The molecule has 0 N–H and O–H groups in total. The molecular weight excluding hydrogens is 796 g/mol. The number of nitrogens with zero attached hydrogens (tertiary/aromatic N) is 2. The molecule has 10 rings (SSSR count). The summed E-state index contributed by atoms with van der Waals surface area (Å²) in [7, 11) is 0. The molecule has 0 fully saturated rings. The molecule has 0 aliphatic heterocycles. The van der Waals surface area contributed by atoms with E-state index < -0.39 is 17.7 Å². The molecule has 63 heavy (non-hydrogen) atoms. The van der Waals surface area contributed by atoms with Crippen LogP contribution < -0.4 is 9.80 Å². The Bertz CT molecular complexity index is 3400. The highest BCUT2D eigenvalue weighted by Gasteiger charge is 2.58. The van der Waals surface area contributed by atoms with Crippen LogP contribution in [0.5, 0.6) is 0 Å². The Morgan fingerprint density at radius 2 is 0.730 bits per heavy atom. The number of alkyl halides is 5. The summed E-state index contributed by atoms with van der Waals surface area (Å²) < 4.78 is 72.9. The van der Waals surface area contributed by atoms with E-state index in [0.29, 0.717) is 27.2 Å². The smallest absolute Gasteiger partial charge is 0.310 e. The number of fused-ring (bicyclic) bond motifs is 8. The Balaban J connectivity index is 1.26. The minimum atomic E-state index is -5.80. The standard InChI is InChI=1S/C56H37F5N2/c1-3-36-19-24-41(25-20-36)62(53-17-9-13-38-11-5-7-15-45(38)53)43-28-31-47-48-32-29-44(35-52(48)50-33-40(55(57,58)56(59,60)61)23-30-49(50)51(47)34-43)63(42-26-21-37(4-2)22-27-42)54-18-10-14-39-12-6-8-16-46(39)54/h3-35H,1-2H2. The highest BCUT2D eigenvalue weighted by Crippen LogP contribution is 2.49. The van der Waals surface area contributed by atoms with Crippen molar-refractivity contribution >= 4 is 100 Å². The topological polar surface area (TPSA) is 6.48 Å². The molecule has 0 saturated carbocycles. The summed E-state index contributed by atoms with van der Waals surface area (Å²) in [4.78, 5) is 4.22. The van der Waals surface area contributed by atoms with Gasteiger partial charge in [0.1, 0.15) is 0 Å². The van der Waals surface area contributed by atoms with Crippen LogP contribution in [-0.2, 0) is 5.92 Å². The Morgan fingerprint density at radius 3 is 1.19 bits per heavy atom. The van der Waals surface area contributed by atoms with Crippen LogP contribution in [0.2, 0.25) is 0 Å². The van der Waals surface area contributed by atoms with E-state index in [1.54, 1.807) is 12.2 Å². The highest BCUT2D eigenvalue weighted by atomic mass is 19.4. The Morgan fingerprint density at radius 1 is 0.349 bits per heavy atom. The summed E-state index contributed by atoms with van der Waals surface area (Å²) in [5.74, 6) is -5.09. The monoisotopic (exact) mass is 832 g/mol. The summed E-state index contributed by atoms with van der Waals surface area (Å²) in [6.07, 6.45) is -2.26. The maximum absolute atomic E-state index is 15.3. The Kier molecular flexibility index (Phi) is 9.56. The van der Waals surface area contributed by atoms with Gasteiger partial charge in [0.15, 0.2) is 0 Å². The maximum atomic E-state index is 15.3. The molecule has 0 atom stereocenters. The molecule has 0 unspecified atom stereocenters. The van der Waals surface area contributed by atoms with E-state index in [1.165, 1.54) is 6.07 Å². The van der Waals surface area contributed by atoms with Crippen molar-refractivity contribution in [3.63, 3.8) is 0 Å². The van der Waals surface area contributed by atoms with Gasteiger partial charge in [0, 0.05) is 39.1 Å². The SMILES string of the molecule is C=Cc1ccc(N(c2ccc3c4ccc(N(c5ccc(C=C)cc5)c5cccc6ccccc56)cc4c4cc(C(F)(F)C(F)(F)F)ccc4c3c2)c2cccc3ccccc23)cc1. The van der Waals surface area contributed by atoms with Gasteiger partial charge in [0.2, 0.25) is 0 Å². The lowest BCUT2D eigenvalue weighted by molar-refractivity contribution is -0.289. The third-order valence-electron chi connectivity index (χ3n) is 11.9. The van der Waals surface area contributed by atoms with Gasteiger partial charge in [-0.2, -0.15) is 22.0 Å². The van der Waals surface area contributed by atoms with Crippen LogP contribution in [0, 0.1) is 0 Å². The maximum Gasteiger partial charge on any atom is 0.458 e. The zero-order valence-electron chi connectivity index (χ0n) is 33.8. The molecule has 0 aromatic heterocycles. The Labute approximate surface area is 360 Å². The van der Waals surface area contributed by atoms with Gasteiger partial charge in [-0.1, -0.05) is 147 Å². The lowest BCUT2D eigenvalue weighted by Gasteiger charge is -2.28. The van der Waals surface area contributed by atoms with Crippen molar-refractivity contribution in [2.24, 2.45) is 0 Å². The minimum absolute atomic E-state index is 0.268. The van der Waals surface area contributed by atoms with E-state index in [-0.39, 0.29) is 5.39 Å². The van der Waals surface area contributed by atoms with Crippen LogP contribution in [0.25, 0.3) is 66.0 Å². The average molecular weight is 833 g/mol. The minimum Gasteiger partial charge on any atom is -0.310 e. The van der Waals surface area contributed by atoms with Crippen LogP contribution in [0.3, 0.4) is 0 Å². The number of hydrogen-bond donors (Lipinski definition) is 0. The number of benzene rings is 10. The van der Waals surface area contributed by atoms with E-state index in [0.717, 1.165) is 78.6 Å². The predicted octanol–water partition coefficient (Wildman–Crippen LogP) is 17.3. The summed E-state index contributed by atoms with van der Waals surface area (Å²) >= 11 is 0. The average Bonchev–Trinajstić information content (AvgIpc) is 3.32. The second kappa shape index (κ2) is 15.3. The number of rotatable bonds is 9. The zero-order valence-corrected chi connectivity index (χ0v) is 33.8. The lowest BCUT2D eigenvalue weighted by atomic mass is 9.91. The van der Waals surface area contributed by atoms with Crippen molar-refractivity contribution in [2.75, 3.05) is 9.80 Å². The van der Waals surface area contributed by atoms with E-state index in [4.69, 9.17) is 0 Å². The van der Waals surface area contributed by atoms with Crippen molar-refractivity contribution in [2.45, 2.75) is 12.1 Å². The first-order chi connectivity index (χ1) is 30.5. The molecule has 0 aliphatic carbocycles. The van der Waals surface area contributed by atoms with E-state index in [9.17, 15) is 13.2 Å². The first-order valence-corrected chi connectivity index (χ1v) is 20.4. The number of hydrogen-bond acceptors (Lipinski definition) is 2. The normalized spacial score (nSPS) is 12.0. The molecule has 0 spiro atoms. The third kappa shape index (κ3) is 6.73. The molecule has 0 amide bonds. The fourth-order valence-corrected chi connectivity index (χ4v) is 8.80. The fourth-order valence-electron chi connectivity index (χ4n) is 8.80. The summed E-state index contributed by atoms with van der Waals surface area (Å²) in [6.45, 7) is 7.83. The molecular formula is C56H37F5N2. The lowest BCUT2D eigenvalue weighted by Crippen LogP contribution is -2.33. The van der Waals surface area contributed by atoms with Crippen LogP contribution in [-0.4, -0.2) is 6.18 Å². The van der Waals surface area contributed by atoms with Crippen molar-refractivity contribution in [3.05, 3.63) is 218 Å². The molecule has 2 nitrogen and oxygen atoms in total. The van der Waals surface area contributed by atoms with Gasteiger partial charge >= 0.3 is 12.1 Å². The fraction of sp³-hybridized carbons (Fsp3) is 0.0357. The predicted molar refractivity (Wildman–Crippen MR) is 253 cm³/mol. The van der Waals surface area contributed by atoms with Crippen LogP contribution >= 0.6 is 0 Å². The third-order valence-corrected chi connectivity index (χ3v) is 11.9. The summed E-state index contributed by atoms with van der Waals surface area (Å²) in [5, 5.41) is 7.60. The van der Waals surface area contributed by atoms with Gasteiger partial charge < -0.3 is 9.80 Å². The molecule has 306 valence electrons. The van der Waals surface area contributed by atoms with Gasteiger partial charge in [-0.15, -0.1) is 0 Å². The molecule has 0 saturated heterocycles. The van der Waals surface area contributed by atoms with Crippen molar-refractivity contribution in [1.82, 2.24) is 0 Å². The van der Waals surface area contributed by atoms with Crippen LogP contribution in [0.1, 0.15) is 16.7 Å². The quantitative estimate of drug-likeness (QED) is 0.106. The van der Waals surface area contributed by atoms with Crippen molar-refractivity contribution < 1.29 is 22.0 Å².